The number of anilines is 6. The quantitative estimate of drug-likeness (QED) is 0.110. The van der Waals surface area contributed by atoms with Gasteiger partial charge in [-0.15, -0.1) is 0 Å². The lowest BCUT2D eigenvalue weighted by atomic mass is 9.95. The van der Waals surface area contributed by atoms with Gasteiger partial charge in [0.1, 0.15) is 24.0 Å². The zero-order valence-electron chi connectivity index (χ0n) is 36.9. The number of piperidine rings is 3. The van der Waals surface area contributed by atoms with E-state index in [9.17, 15) is 18.9 Å². The molecule has 1 aromatic heterocycles. The minimum absolute atomic E-state index is 0.125. The SMILES string of the molecule is COc1cc(N2CCC(N3CCN(CC4CCN(c5ccc6c(c5)CN(C5CCC(=O)NC5=O)C6=O)CC4)CC3)CC2)ccc1Nc1ncc(Cl)c(Nc2ccccc2P(C)(C)=O)n1. The summed E-state index contributed by atoms with van der Waals surface area (Å²) in [4.78, 5) is 58.3. The number of nitrogens with one attached hydrogen (secondary N) is 3. The molecule has 5 aliphatic heterocycles. The number of benzene rings is 3. The molecule has 0 aliphatic carbocycles. The van der Waals surface area contributed by atoms with E-state index < -0.39 is 13.2 Å². The highest BCUT2D eigenvalue weighted by atomic mass is 35.5. The van der Waals surface area contributed by atoms with Gasteiger partial charge in [-0.25, -0.2) is 4.98 Å². The van der Waals surface area contributed by atoms with Crippen LogP contribution in [-0.2, 0) is 20.7 Å². The first kappa shape index (κ1) is 44.0. The fraction of sp³-hybridized carbons (Fsp3) is 0.468. The van der Waals surface area contributed by atoms with Gasteiger partial charge in [0, 0.05) is 106 Å². The van der Waals surface area contributed by atoms with Crippen molar-refractivity contribution in [3.05, 3.63) is 83.0 Å². The Balaban J connectivity index is 0.719. The third kappa shape index (κ3) is 9.59. The predicted octanol–water partition coefficient (Wildman–Crippen LogP) is 6.14. The molecule has 0 saturated carbocycles. The van der Waals surface area contributed by atoms with E-state index in [2.05, 4.69) is 69.8 Å². The molecule has 15 nitrogen and oxygen atoms in total. The highest BCUT2D eigenvalue weighted by Crippen LogP contribution is 2.39. The van der Waals surface area contributed by atoms with E-state index >= 15 is 0 Å². The van der Waals surface area contributed by atoms with E-state index in [1.165, 1.54) is 0 Å². The number of piperazine rings is 1. The van der Waals surface area contributed by atoms with Crippen LogP contribution >= 0.6 is 18.7 Å². The van der Waals surface area contributed by atoms with Gasteiger partial charge in [-0.3, -0.25) is 24.6 Å². The van der Waals surface area contributed by atoms with E-state index in [0.29, 0.717) is 58.7 Å². The minimum Gasteiger partial charge on any atom is -0.494 e. The number of imide groups is 1. The third-order valence-corrected chi connectivity index (χ3v) is 15.5. The number of amides is 3. The molecule has 1 atom stereocenters. The smallest absolute Gasteiger partial charge is 0.255 e. The molecule has 6 heterocycles. The topological polar surface area (TPSA) is 156 Å². The molecule has 4 fully saturated rings. The number of ether oxygens (including phenoxy) is 1. The van der Waals surface area contributed by atoms with Crippen molar-refractivity contribution >= 4 is 76.3 Å². The molecular weight excluding hydrogens is 851 g/mol. The normalized spacial score (nSPS) is 20.7. The Hall–Kier alpha value is -5.21. The lowest BCUT2D eigenvalue weighted by molar-refractivity contribution is -0.136. The molecule has 4 aromatic rings. The van der Waals surface area contributed by atoms with Crippen LogP contribution in [0.3, 0.4) is 0 Å². The van der Waals surface area contributed by atoms with Crippen molar-refractivity contribution in [3.63, 3.8) is 0 Å². The summed E-state index contributed by atoms with van der Waals surface area (Å²) >= 11 is 6.50. The summed E-state index contributed by atoms with van der Waals surface area (Å²) in [5, 5.41) is 10.0. The first-order valence-electron chi connectivity index (χ1n) is 22.5. The summed E-state index contributed by atoms with van der Waals surface area (Å²) in [5.74, 6) is 1.36. The largest absolute Gasteiger partial charge is 0.494 e. The van der Waals surface area contributed by atoms with Crippen LogP contribution in [0.1, 0.15) is 54.4 Å². The number of nitrogens with zero attached hydrogens (tertiary/aromatic N) is 7. The molecule has 0 bridgehead atoms. The van der Waals surface area contributed by atoms with E-state index in [4.69, 9.17) is 16.3 Å². The number of carbonyl (C=O) groups excluding carboxylic acids is 3. The third-order valence-electron chi connectivity index (χ3n) is 13.7. The maximum absolute atomic E-state index is 13.2. The Labute approximate surface area is 380 Å². The van der Waals surface area contributed by atoms with Crippen LogP contribution in [-0.4, -0.2) is 134 Å². The average Bonchev–Trinajstić information content (AvgIpc) is 3.62. The van der Waals surface area contributed by atoms with Crippen LogP contribution in [0, 0.1) is 5.92 Å². The zero-order chi connectivity index (χ0) is 44.5. The number of fused-ring (bicyclic) bond motifs is 1. The van der Waals surface area contributed by atoms with E-state index in [-0.39, 0.29) is 24.1 Å². The summed E-state index contributed by atoms with van der Waals surface area (Å²) in [5.41, 5.74) is 5.32. The van der Waals surface area contributed by atoms with E-state index in [1.807, 2.05) is 36.4 Å². The van der Waals surface area contributed by atoms with Crippen LogP contribution in [0.2, 0.25) is 5.02 Å². The Morgan fingerprint density at radius 2 is 1.53 bits per heavy atom. The Morgan fingerprint density at radius 3 is 2.25 bits per heavy atom. The number of carbonyl (C=O) groups is 3. The molecule has 1 unspecified atom stereocenters. The maximum Gasteiger partial charge on any atom is 0.255 e. The number of halogens is 1. The van der Waals surface area contributed by atoms with Gasteiger partial charge >= 0.3 is 0 Å². The van der Waals surface area contributed by atoms with Crippen molar-refractivity contribution in [1.29, 1.82) is 0 Å². The summed E-state index contributed by atoms with van der Waals surface area (Å²) in [6, 6.07) is 19.8. The molecule has 338 valence electrons. The lowest BCUT2D eigenvalue weighted by Gasteiger charge is -2.44. The summed E-state index contributed by atoms with van der Waals surface area (Å²) in [6.45, 7) is 13.4. The number of hydrogen-bond acceptors (Lipinski definition) is 13. The molecule has 3 N–H and O–H groups in total. The van der Waals surface area contributed by atoms with Gasteiger partial charge in [-0.05, 0) is 99.4 Å². The Kier molecular flexibility index (Phi) is 12.9. The Morgan fingerprint density at radius 1 is 0.828 bits per heavy atom. The standard InChI is InChI=1S/C47H58ClN10O5P/c1-63-41-27-35(9-11-38(41)51-47-49-28-37(48)44(53-47)50-39-6-4-5-7-42(39)64(2,3)62)56-20-16-33(17-21-56)57-24-22-54(23-25-57)29-31-14-18-55(19-15-31)34-8-10-36-32(26-34)30-58(46(36)61)40-12-13-43(59)52-45(40)60/h4-11,26-28,31,33,40H,12-25,29-30H2,1-3H3,(H,52,59,60)(H2,49,50,51,53). The van der Waals surface area contributed by atoms with Crippen LogP contribution in [0.15, 0.2) is 66.9 Å². The van der Waals surface area contributed by atoms with Gasteiger partial charge in [0.25, 0.3) is 5.91 Å². The molecule has 5 aliphatic rings. The van der Waals surface area contributed by atoms with Crippen molar-refractivity contribution in [1.82, 2.24) is 30.0 Å². The van der Waals surface area contributed by atoms with Crippen LogP contribution in [0.25, 0.3) is 0 Å². The molecular formula is C47H58ClN10O5P. The first-order chi connectivity index (χ1) is 30.9. The maximum atomic E-state index is 13.2. The van der Waals surface area contributed by atoms with Gasteiger partial charge < -0.3 is 39.5 Å². The number of rotatable bonds is 12. The van der Waals surface area contributed by atoms with Gasteiger partial charge in [-0.1, -0.05) is 23.7 Å². The van der Waals surface area contributed by atoms with Gasteiger partial charge in [-0.2, -0.15) is 4.98 Å². The zero-order valence-corrected chi connectivity index (χ0v) is 38.5. The molecule has 9 rings (SSSR count). The number of methoxy groups -OCH3 is 1. The summed E-state index contributed by atoms with van der Waals surface area (Å²) in [7, 11) is -0.876. The number of para-hydroxylation sites is 1. The molecule has 17 heteroatoms. The van der Waals surface area contributed by atoms with Crippen molar-refractivity contribution in [2.24, 2.45) is 5.92 Å². The molecule has 4 saturated heterocycles. The second-order valence-electron chi connectivity index (χ2n) is 18.1. The lowest BCUT2D eigenvalue weighted by Crippen LogP contribution is -2.54. The fourth-order valence-electron chi connectivity index (χ4n) is 10.1. The highest BCUT2D eigenvalue weighted by Gasteiger charge is 2.39. The summed E-state index contributed by atoms with van der Waals surface area (Å²) in [6.07, 6.45) is 6.71. The van der Waals surface area contributed by atoms with E-state index in [0.717, 1.165) is 113 Å². The highest BCUT2D eigenvalue weighted by molar-refractivity contribution is 7.70. The molecule has 3 aromatic carbocycles. The van der Waals surface area contributed by atoms with Crippen LogP contribution in [0.4, 0.5) is 34.5 Å². The number of aromatic nitrogens is 2. The van der Waals surface area contributed by atoms with Crippen LogP contribution in [0.5, 0.6) is 5.75 Å². The average molecular weight is 909 g/mol. The van der Waals surface area contributed by atoms with Crippen molar-refractivity contribution < 1.29 is 23.7 Å². The summed E-state index contributed by atoms with van der Waals surface area (Å²) < 4.78 is 18.8. The Bertz CT molecular complexity index is 2440. The number of hydrogen-bond donors (Lipinski definition) is 3. The van der Waals surface area contributed by atoms with E-state index in [1.54, 1.807) is 31.5 Å². The monoisotopic (exact) mass is 908 g/mol. The molecule has 64 heavy (non-hydrogen) atoms. The minimum atomic E-state index is -2.54. The van der Waals surface area contributed by atoms with Crippen molar-refractivity contribution in [2.75, 3.05) is 99.8 Å². The van der Waals surface area contributed by atoms with Crippen molar-refractivity contribution in [3.8, 4) is 5.75 Å². The second-order valence-corrected chi connectivity index (χ2v) is 21.7. The van der Waals surface area contributed by atoms with Gasteiger partial charge in [0.2, 0.25) is 17.8 Å². The first-order valence-corrected chi connectivity index (χ1v) is 25.5. The second kappa shape index (κ2) is 18.7. The van der Waals surface area contributed by atoms with Gasteiger partial charge in [0.15, 0.2) is 5.82 Å². The molecule has 0 spiro atoms. The van der Waals surface area contributed by atoms with Crippen LogP contribution < -0.4 is 35.8 Å². The molecule has 0 radical (unpaired) electrons. The predicted molar refractivity (Wildman–Crippen MR) is 253 cm³/mol. The molecule has 3 amide bonds. The van der Waals surface area contributed by atoms with Gasteiger partial charge in [0.05, 0.1) is 24.7 Å². The van der Waals surface area contributed by atoms with Crippen molar-refractivity contribution in [2.45, 2.75) is 57.2 Å². The fourth-order valence-corrected chi connectivity index (χ4v) is 11.4.